The molecule has 0 bridgehead atoms. The minimum atomic E-state index is -0.182. The van der Waals surface area contributed by atoms with Crippen molar-refractivity contribution in [3.63, 3.8) is 0 Å². The predicted molar refractivity (Wildman–Crippen MR) is 116 cm³/mol. The summed E-state index contributed by atoms with van der Waals surface area (Å²) in [6.45, 7) is 7.36. The maximum atomic E-state index is 12.3. The maximum absolute atomic E-state index is 12.3. The fraction of sp³-hybridized carbons (Fsp3) is 0.364. The van der Waals surface area contributed by atoms with E-state index in [1.54, 1.807) is 19.1 Å². The standard InChI is InChI=1S/C22H29N3O4/c1-4-21(26)25-20-11-7-10-19(16(20)3)23-15-22(27)24-17-8-6-9-18(14-17)29-13-12-28-5-2/h6-11,14,23H,4-5,12-13,15H2,1-3H3,(H,24,27)(H,25,26). The third kappa shape index (κ3) is 7.46. The van der Waals surface area contributed by atoms with Crippen LogP contribution < -0.4 is 20.7 Å². The lowest BCUT2D eigenvalue weighted by atomic mass is 10.1. The van der Waals surface area contributed by atoms with E-state index in [1.807, 2.05) is 44.2 Å². The number of rotatable bonds is 11. The first-order valence-electron chi connectivity index (χ1n) is 9.77. The van der Waals surface area contributed by atoms with Crippen molar-refractivity contribution < 1.29 is 19.1 Å². The van der Waals surface area contributed by atoms with Crippen molar-refractivity contribution in [2.24, 2.45) is 0 Å². The second kappa shape index (κ2) is 11.7. The van der Waals surface area contributed by atoms with Gasteiger partial charge in [0.15, 0.2) is 0 Å². The van der Waals surface area contributed by atoms with Crippen molar-refractivity contribution in [3.8, 4) is 5.75 Å². The molecule has 0 radical (unpaired) electrons. The minimum absolute atomic E-state index is 0.0497. The molecule has 0 saturated heterocycles. The Hall–Kier alpha value is -3.06. The summed E-state index contributed by atoms with van der Waals surface area (Å²) in [4.78, 5) is 23.9. The van der Waals surface area contributed by atoms with Crippen LogP contribution in [0.4, 0.5) is 17.1 Å². The molecule has 0 aliphatic rings. The van der Waals surface area contributed by atoms with E-state index in [1.165, 1.54) is 0 Å². The first-order chi connectivity index (χ1) is 14.0. The van der Waals surface area contributed by atoms with Crippen LogP contribution in [-0.2, 0) is 14.3 Å². The molecule has 7 heteroatoms. The zero-order valence-electron chi connectivity index (χ0n) is 17.2. The number of nitrogens with one attached hydrogen (secondary N) is 3. The fourth-order valence-corrected chi connectivity index (χ4v) is 2.61. The number of carbonyl (C=O) groups is 2. The van der Waals surface area contributed by atoms with Crippen LogP contribution in [0.3, 0.4) is 0 Å². The Kier molecular flexibility index (Phi) is 8.98. The molecule has 0 heterocycles. The van der Waals surface area contributed by atoms with Crippen LogP contribution in [0.2, 0.25) is 0 Å². The van der Waals surface area contributed by atoms with Crippen molar-refractivity contribution in [1.29, 1.82) is 0 Å². The van der Waals surface area contributed by atoms with E-state index >= 15 is 0 Å². The Balaban J connectivity index is 1.89. The van der Waals surface area contributed by atoms with Gasteiger partial charge in [0.2, 0.25) is 11.8 Å². The van der Waals surface area contributed by atoms with Crippen LogP contribution in [0.5, 0.6) is 5.75 Å². The monoisotopic (exact) mass is 399 g/mol. The van der Waals surface area contributed by atoms with Crippen LogP contribution in [0.25, 0.3) is 0 Å². The van der Waals surface area contributed by atoms with Gasteiger partial charge in [-0.15, -0.1) is 0 Å². The maximum Gasteiger partial charge on any atom is 0.243 e. The van der Waals surface area contributed by atoms with E-state index < -0.39 is 0 Å². The molecule has 0 aromatic heterocycles. The molecule has 0 spiro atoms. The summed E-state index contributed by atoms with van der Waals surface area (Å²) in [5.74, 6) is 0.441. The molecular weight excluding hydrogens is 370 g/mol. The second-order valence-electron chi connectivity index (χ2n) is 6.35. The average molecular weight is 399 g/mol. The molecule has 0 fully saturated rings. The summed E-state index contributed by atoms with van der Waals surface area (Å²) in [5, 5.41) is 8.82. The van der Waals surface area contributed by atoms with Crippen LogP contribution in [0.1, 0.15) is 25.8 Å². The van der Waals surface area contributed by atoms with Gasteiger partial charge in [-0.25, -0.2) is 0 Å². The lowest BCUT2D eigenvalue weighted by molar-refractivity contribution is -0.116. The summed E-state index contributed by atoms with van der Waals surface area (Å²) in [7, 11) is 0. The van der Waals surface area contributed by atoms with E-state index in [0.717, 1.165) is 16.9 Å². The Labute approximate surface area is 171 Å². The molecule has 29 heavy (non-hydrogen) atoms. The number of benzene rings is 2. The summed E-state index contributed by atoms with van der Waals surface area (Å²) in [5.41, 5.74) is 3.07. The zero-order valence-corrected chi connectivity index (χ0v) is 17.2. The molecule has 2 amide bonds. The van der Waals surface area contributed by atoms with Gasteiger partial charge in [-0.2, -0.15) is 0 Å². The number of hydrogen-bond acceptors (Lipinski definition) is 5. The van der Waals surface area contributed by atoms with E-state index in [9.17, 15) is 9.59 Å². The molecular formula is C22H29N3O4. The Morgan fingerprint density at radius 2 is 1.69 bits per heavy atom. The molecule has 0 saturated carbocycles. The first kappa shape index (κ1) is 22.2. The molecule has 2 aromatic rings. The topological polar surface area (TPSA) is 88.7 Å². The van der Waals surface area contributed by atoms with Gasteiger partial charge in [-0.3, -0.25) is 9.59 Å². The van der Waals surface area contributed by atoms with Gasteiger partial charge in [-0.1, -0.05) is 19.1 Å². The van der Waals surface area contributed by atoms with Gasteiger partial charge in [0, 0.05) is 36.2 Å². The van der Waals surface area contributed by atoms with Crippen molar-refractivity contribution in [2.75, 3.05) is 42.3 Å². The Morgan fingerprint density at radius 1 is 0.931 bits per heavy atom. The van der Waals surface area contributed by atoms with E-state index in [-0.39, 0.29) is 18.4 Å². The molecule has 3 N–H and O–H groups in total. The lowest BCUT2D eigenvalue weighted by Crippen LogP contribution is -2.22. The Bertz CT molecular complexity index is 823. The van der Waals surface area contributed by atoms with Gasteiger partial charge in [0.25, 0.3) is 0 Å². The van der Waals surface area contributed by atoms with Crippen LogP contribution in [0.15, 0.2) is 42.5 Å². The van der Waals surface area contributed by atoms with Crippen molar-refractivity contribution >= 4 is 28.9 Å². The highest BCUT2D eigenvalue weighted by Gasteiger charge is 2.08. The number of hydrogen-bond donors (Lipinski definition) is 3. The minimum Gasteiger partial charge on any atom is -0.491 e. The zero-order chi connectivity index (χ0) is 21.1. The predicted octanol–water partition coefficient (Wildman–Crippen LogP) is 3.81. The molecule has 0 aliphatic carbocycles. The molecule has 0 unspecified atom stereocenters. The highest BCUT2D eigenvalue weighted by molar-refractivity contribution is 5.95. The normalized spacial score (nSPS) is 10.3. The molecule has 0 atom stereocenters. The Morgan fingerprint density at radius 3 is 2.45 bits per heavy atom. The second-order valence-corrected chi connectivity index (χ2v) is 6.35. The van der Waals surface area contributed by atoms with Crippen LogP contribution >= 0.6 is 0 Å². The molecule has 156 valence electrons. The summed E-state index contributed by atoms with van der Waals surface area (Å²) < 4.78 is 10.8. The first-order valence-corrected chi connectivity index (χ1v) is 9.77. The average Bonchev–Trinajstić information content (AvgIpc) is 2.72. The number of amides is 2. The molecule has 2 rings (SSSR count). The summed E-state index contributed by atoms with van der Waals surface area (Å²) >= 11 is 0. The highest BCUT2D eigenvalue weighted by atomic mass is 16.5. The SMILES string of the molecule is CCOCCOc1cccc(NC(=O)CNc2cccc(NC(=O)CC)c2C)c1. The van der Waals surface area contributed by atoms with Crippen molar-refractivity contribution in [2.45, 2.75) is 27.2 Å². The quantitative estimate of drug-likeness (QED) is 0.500. The number of carbonyl (C=O) groups excluding carboxylic acids is 2. The van der Waals surface area contributed by atoms with Crippen LogP contribution in [-0.4, -0.2) is 38.2 Å². The fourth-order valence-electron chi connectivity index (χ4n) is 2.61. The third-order valence-electron chi connectivity index (χ3n) is 4.19. The molecule has 7 nitrogen and oxygen atoms in total. The number of anilines is 3. The summed E-state index contributed by atoms with van der Waals surface area (Å²) in [6, 6.07) is 12.8. The number of ether oxygens (including phenoxy) is 2. The van der Waals surface area contributed by atoms with Gasteiger partial charge in [0.05, 0.1) is 13.2 Å². The third-order valence-corrected chi connectivity index (χ3v) is 4.19. The van der Waals surface area contributed by atoms with E-state index in [0.29, 0.717) is 37.7 Å². The van der Waals surface area contributed by atoms with Gasteiger partial charge >= 0.3 is 0 Å². The van der Waals surface area contributed by atoms with E-state index in [2.05, 4.69) is 16.0 Å². The van der Waals surface area contributed by atoms with Crippen molar-refractivity contribution in [3.05, 3.63) is 48.0 Å². The van der Waals surface area contributed by atoms with Crippen LogP contribution in [0, 0.1) is 6.92 Å². The largest absolute Gasteiger partial charge is 0.491 e. The smallest absolute Gasteiger partial charge is 0.243 e. The van der Waals surface area contributed by atoms with Crippen molar-refractivity contribution in [1.82, 2.24) is 0 Å². The van der Waals surface area contributed by atoms with Gasteiger partial charge in [-0.05, 0) is 43.7 Å². The molecule has 2 aromatic carbocycles. The van der Waals surface area contributed by atoms with E-state index in [4.69, 9.17) is 9.47 Å². The summed E-state index contributed by atoms with van der Waals surface area (Å²) in [6.07, 6.45) is 0.411. The lowest BCUT2D eigenvalue weighted by Gasteiger charge is -2.14. The van der Waals surface area contributed by atoms with Gasteiger partial charge in [0.1, 0.15) is 12.4 Å². The van der Waals surface area contributed by atoms with Gasteiger partial charge < -0.3 is 25.4 Å². The highest BCUT2D eigenvalue weighted by Crippen LogP contribution is 2.23. The molecule has 0 aliphatic heterocycles.